The normalized spacial score (nSPS) is 16.0. The summed E-state index contributed by atoms with van der Waals surface area (Å²) in [6.07, 6.45) is 6.53. The first-order valence-electron chi connectivity index (χ1n) is 12.5. The molecule has 0 aliphatic carbocycles. The second-order valence-corrected chi connectivity index (χ2v) is 9.56. The number of piperidine rings is 1. The number of nitrogens with zero attached hydrogens (tertiary/aromatic N) is 6. The Morgan fingerprint density at radius 2 is 2.03 bits per heavy atom. The highest BCUT2D eigenvalue weighted by atomic mass is 19.1. The number of benzene rings is 2. The Balaban J connectivity index is 1.45. The predicted molar refractivity (Wildman–Crippen MR) is 144 cm³/mol. The Morgan fingerprint density at radius 3 is 2.79 bits per heavy atom. The van der Waals surface area contributed by atoms with Crippen LogP contribution < -0.4 is 10.5 Å². The van der Waals surface area contributed by atoms with Crippen LogP contribution in [0.5, 0.6) is 11.5 Å². The van der Waals surface area contributed by atoms with Crippen LogP contribution in [0, 0.1) is 5.82 Å². The third-order valence-corrected chi connectivity index (χ3v) is 6.48. The number of para-hydroxylation sites is 1. The van der Waals surface area contributed by atoms with Crippen LogP contribution in [0.1, 0.15) is 18.9 Å². The molecular formula is C28H30FN7O2. The fourth-order valence-corrected chi connectivity index (χ4v) is 4.62. The summed E-state index contributed by atoms with van der Waals surface area (Å²) in [5.74, 6) is 0.356. The van der Waals surface area contributed by atoms with Crippen molar-refractivity contribution in [1.29, 1.82) is 0 Å². The van der Waals surface area contributed by atoms with E-state index in [2.05, 4.69) is 9.97 Å². The molecule has 1 fully saturated rings. The van der Waals surface area contributed by atoms with E-state index in [-0.39, 0.29) is 23.5 Å². The highest BCUT2D eigenvalue weighted by molar-refractivity contribution is 5.98. The van der Waals surface area contributed by atoms with E-state index in [4.69, 9.17) is 15.6 Å². The molecule has 3 heterocycles. The van der Waals surface area contributed by atoms with E-state index in [0.29, 0.717) is 47.7 Å². The van der Waals surface area contributed by atoms with Crippen molar-refractivity contribution < 1.29 is 13.9 Å². The van der Waals surface area contributed by atoms with Gasteiger partial charge in [0.05, 0.1) is 11.4 Å². The molecule has 1 unspecified atom stereocenters. The lowest BCUT2D eigenvalue weighted by molar-refractivity contribution is -0.127. The molecule has 1 atom stereocenters. The van der Waals surface area contributed by atoms with Crippen molar-refractivity contribution in [1.82, 2.24) is 29.5 Å². The van der Waals surface area contributed by atoms with E-state index >= 15 is 4.39 Å². The second kappa shape index (κ2) is 11.0. The monoisotopic (exact) mass is 515 g/mol. The van der Waals surface area contributed by atoms with Crippen LogP contribution in [0.3, 0.4) is 0 Å². The molecule has 0 bridgehead atoms. The van der Waals surface area contributed by atoms with Crippen LogP contribution in [-0.2, 0) is 4.79 Å². The standard InChI is InChI=1S/C28H30FN7O2/c1-34(2)14-7-11-24(37)35-15-6-8-20(17-35)36-28-25(27(30)31-18-32-28)26(33-36)19-12-13-23(22(29)16-19)38-21-9-4-3-5-10-21/h3-5,7,9-13,16,18,20H,6,8,14-15,17H2,1-2H3,(H2,30,31,32). The molecule has 1 amide bonds. The van der Waals surface area contributed by atoms with E-state index in [9.17, 15) is 4.79 Å². The van der Waals surface area contributed by atoms with Crippen LogP contribution in [0.25, 0.3) is 22.3 Å². The minimum Gasteiger partial charge on any atom is -0.454 e. The van der Waals surface area contributed by atoms with Crippen LogP contribution in [0.4, 0.5) is 10.2 Å². The molecule has 38 heavy (non-hydrogen) atoms. The summed E-state index contributed by atoms with van der Waals surface area (Å²) >= 11 is 0. The summed E-state index contributed by atoms with van der Waals surface area (Å²) in [5, 5.41) is 5.40. The zero-order valence-corrected chi connectivity index (χ0v) is 21.4. The molecule has 2 aromatic heterocycles. The Labute approximate surface area is 220 Å². The molecular weight excluding hydrogens is 485 g/mol. The van der Waals surface area contributed by atoms with Gasteiger partial charge >= 0.3 is 0 Å². The molecule has 196 valence electrons. The number of anilines is 1. The van der Waals surface area contributed by atoms with Crippen molar-refractivity contribution >= 4 is 22.8 Å². The first-order chi connectivity index (χ1) is 18.4. The quantitative estimate of drug-likeness (QED) is 0.366. The van der Waals surface area contributed by atoms with Gasteiger partial charge < -0.3 is 20.3 Å². The van der Waals surface area contributed by atoms with Gasteiger partial charge in [-0.1, -0.05) is 24.3 Å². The van der Waals surface area contributed by atoms with Crippen molar-refractivity contribution in [3.05, 3.63) is 72.8 Å². The summed E-state index contributed by atoms with van der Waals surface area (Å²) in [4.78, 5) is 25.2. The van der Waals surface area contributed by atoms with Gasteiger partial charge in [0, 0.05) is 31.3 Å². The van der Waals surface area contributed by atoms with E-state index < -0.39 is 5.82 Å². The van der Waals surface area contributed by atoms with Gasteiger partial charge in [0.15, 0.2) is 17.2 Å². The average Bonchev–Trinajstić information content (AvgIpc) is 3.31. The fourth-order valence-electron chi connectivity index (χ4n) is 4.62. The van der Waals surface area contributed by atoms with Gasteiger partial charge in [-0.15, -0.1) is 0 Å². The van der Waals surface area contributed by atoms with Crippen molar-refractivity contribution in [2.24, 2.45) is 0 Å². The number of rotatable bonds is 7. The number of nitrogen functional groups attached to an aromatic ring is 1. The smallest absolute Gasteiger partial charge is 0.246 e. The third-order valence-electron chi connectivity index (χ3n) is 6.48. The number of fused-ring (bicyclic) bond motifs is 1. The highest BCUT2D eigenvalue weighted by Crippen LogP contribution is 2.36. The molecule has 4 aromatic rings. The molecule has 2 aromatic carbocycles. The van der Waals surface area contributed by atoms with E-state index in [1.54, 1.807) is 35.0 Å². The molecule has 1 saturated heterocycles. The third kappa shape index (κ3) is 5.35. The second-order valence-electron chi connectivity index (χ2n) is 9.56. The number of carbonyl (C=O) groups excluding carboxylic acids is 1. The Morgan fingerprint density at radius 1 is 1.21 bits per heavy atom. The van der Waals surface area contributed by atoms with E-state index in [1.165, 1.54) is 12.4 Å². The zero-order valence-electron chi connectivity index (χ0n) is 21.4. The van der Waals surface area contributed by atoms with Crippen LogP contribution in [0.15, 0.2) is 67.0 Å². The Bertz CT molecular complexity index is 1470. The van der Waals surface area contributed by atoms with E-state index in [1.807, 2.05) is 48.2 Å². The van der Waals surface area contributed by atoms with Crippen LogP contribution in [0.2, 0.25) is 0 Å². The average molecular weight is 516 g/mol. The van der Waals surface area contributed by atoms with Gasteiger partial charge in [-0.05, 0) is 57.3 Å². The van der Waals surface area contributed by atoms with Crippen LogP contribution in [-0.4, -0.2) is 69.2 Å². The predicted octanol–water partition coefficient (Wildman–Crippen LogP) is 4.29. The molecule has 0 radical (unpaired) electrons. The summed E-state index contributed by atoms with van der Waals surface area (Å²) in [7, 11) is 3.91. The molecule has 1 aliphatic rings. The summed E-state index contributed by atoms with van der Waals surface area (Å²) in [6, 6.07) is 13.6. The molecule has 0 saturated carbocycles. The van der Waals surface area contributed by atoms with Crippen LogP contribution >= 0.6 is 0 Å². The number of halogens is 1. The maximum absolute atomic E-state index is 15.1. The highest BCUT2D eigenvalue weighted by Gasteiger charge is 2.28. The Kier molecular flexibility index (Phi) is 7.32. The number of carbonyl (C=O) groups is 1. The van der Waals surface area contributed by atoms with Gasteiger partial charge in [0.25, 0.3) is 0 Å². The van der Waals surface area contributed by atoms with Gasteiger partial charge in [-0.2, -0.15) is 5.10 Å². The number of nitrogens with two attached hydrogens (primary N) is 1. The lowest BCUT2D eigenvalue weighted by atomic mass is 10.1. The molecule has 5 rings (SSSR count). The molecule has 10 heteroatoms. The number of likely N-dealkylation sites (N-methyl/N-ethyl adjacent to an activating group) is 1. The van der Waals surface area contributed by atoms with Crippen molar-refractivity contribution in [3.8, 4) is 22.8 Å². The van der Waals surface area contributed by atoms with Crippen molar-refractivity contribution in [3.63, 3.8) is 0 Å². The molecule has 9 nitrogen and oxygen atoms in total. The van der Waals surface area contributed by atoms with Crippen molar-refractivity contribution in [2.75, 3.05) is 39.5 Å². The number of likely N-dealkylation sites (tertiary alicyclic amines) is 1. The van der Waals surface area contributed by atoms with Gasteiger partial charge in [0.2, 0.25) is 5.91 Å². The topological polar surface area (TPSA) is 102 Å². The largest absolute Gasteiger partial charge is 0.454 e. The van der Waals surface area contributed by atoms with Gasteiger partial charge in [-0.3, -0.25) is 4.79 Å². The van der Waals surface area contributed by atoms with Crippen molar-refractivity contribution in [2.45, 2.75) is 18.9 Å². The molecule has 2 N–H and O–H groups in total. The summed E-state index contributed by atoms with van der Waals surface area (Å²) in [6.45, 7) is 1.86. The first-order valence-corrected chi connectivity index (χ1v) is 12.5. The number of hydrogen-bond donors (Lipinski definition) is 1. The minimum atomic E-state index is -0.525. The number of ether oxygens (including phenoxy) is 1. The van der Waals surface area contributed by atoms with Gasteiger partial charge in [0.1, 0.15) is 23.6 Å². The molecule has 1 aliphatic heterocycles. The molecule has 0 spiro atoms. The summed E-state index contributed by atoms with van der Waals surface area (Å²) in [5.41, 5.74) is 7.83. The number of hydrogen-bond acceptors (Lipinski definition) is 7. The minimum absolute atomic E-state index is 0.0292. The SMILES string of the molecule is CN(C)CC=CC(=O)N1CCCC(n2nc(-c3ccc(Oc4ccccc4)c(F)c3)c3c(N)ncnc32)C1. The maximum Gasteiger partial charge on any atom is 0.246 e. The van der Waals surface area contributed by atoms with Gasteiger partial charge in [-0.25, -0.2) is 19.0 Å². The first kappa shape index (κ1) is 25.3. The van der Waals surface area contributed by atoms with E-state index in [0.717, 1.165) is 12.8 Å². The number of aromatic nitrogens is 4. The fraction of sp³-hybridized carbons (Fsp3) is 0.286. The lowest BCUT2D eigenvalue weighted by Gasteiger charge is -2.32. The maximum atomic E-state index is 15.1. The summed E-state index contributed by atoms with van der Waals surface area (Å²) < 4.78 is 22.6. The Hall–Kier alpha value is -4.31. The lowest BCUT2D eigenvalue weighted by Crippen LogP contribution is -2.40. The zero-order chi connectivity index (χ0) is 26.6. The number of amides is 1.